The van der Waals surface area contributed by atoms with E-state index in [0.29, 0.717) is 6.54 Å². The average Bonchev–Trinajstić information content (AvgIpc) is 2.71. The maximum Gasteiger partial charge on any atom is 0.234 e. The number of aryl methyl sites for hydroxylation is 1. The number of aromatic nitrogens is 1. The van der Waals surface area contributed by atoms with Crippen molar-refractivity contribution < 1.29 is 4.79 Å². The highest BCUT2D eigenvalue weighted by atomic mass is 16.1. The largest absolute Gasteiger partial charge is 0.368 e. The van der Waals surface area contributed by atoms with E-state index >= 15 is 0 Å². The number of hydrogen-bond donors (Lipinski definition) is 2. The van der Waals surface area contributed by atoms with E-state index in [2.05, 4.69) is 41.9 Å². The number of carbonyl (C=O) groups excluding carboxylic acids is 1. The average molecular weight is 271 g/mol. The Hall–Kier alpha value is -2.07. The number of nitrogens with one attached hydrogen (secondary N) is 1. The molecule has 3 N–H and O–H groups in total. The molecule has 0 aliphatic carbocycles. The smallest absolute Gasteiger partial charge is 0.234 e. The Morgan fingerprint density at radius 3 is 2.55 bits per heavy atom. The van der Waals surface area contributed by atoms with Crippen molar-refractivity contribution in [3.63, 3.8) is 0 Å². The Kier molecular flexibility index (Phi) is 4.25. The van der Waals surface area contributed by atoms with E-state index in [-0.39, 0.29) is 11.9 Å². The fourth-order valence-corrected chi connectivity index (χ4v) is 2.35. The second kappa shape index (κ2) is 5.92. The molecular weight excluding hydrogens is 250 g/mol. The topological polar surface area (TPSA) is 60.0 Å². The first-order valence-electron chi connectivity index (χ1n) is 6.76. The maximum atomic E-state index is 11.1. The highest BCUT2D eigenvalue weighted by Crippen LogP contribution is 2.20. The van der Waals surface area contributed by atoms with Gasteiger partial charge in [-0.1, -0.05) is 18.2 Å². The molecule has 0 bridgehead atoms. The minimum absolute atomic E-state index is 0.324. The first kappa shape index (κ1) is 14.3. The molecule has 1 aromatic heterocycles. The number of benzene rings is 1. The fourth-order valence-electron chi connectivity index (χ4n) is 2.35. The highest BCUT2D eigenvalue weighted by molar-refractivity contribution is 5.79. The molecule has 1 amide bonds. The predicted octanol–water partition coefficient (Wildman–Crippen LogP) is 2.06. The molecule has 4 heteroatoms. The monoisotopic (exact) mass is 271 g/mol. The van der Waals surface area contributed by atoms with Crippen LogP contribution in [0.15, 0.2) is 36.4 Å². The number of carbonyl (C=O) groups is 1. The molecule has 1 unspecified atom stereocenters. The quantitative estimate of drug-likeness (QED) is 0.874. The molecule has 106 valence electrons. The molecule has 4 nitrogen and oxygen atoms in total. The summed E-state index contributed by atoms with van der Waals surface area (Å²) in [6.45, 7) is 6.59. The van der Waals surface area contributed by atoms with Gasteiger partial charge in [0.15, 0.2) is 0 Å². The van der Waals surface area contributed by atoms with E-state index in [1.165, 1.54) is 17.0 Å². The Balaban J connectivity index is 2.24. The van der Waals surface area contributed by atoms with Gasteiger partial charge in [0.25, 0.3) is 0 Å². The summed E-state index contributed by atoms with van der Waals surface area (Å²) in [5.74, 6) is -0.332. The van der Waals surface area contributed by atoms with Crippen LogP contribution in [0.5, 0.6) is 0 Å². The van der Waals surface area contributed by atoms with Gasteiger partial charge in [-0.3, -0.25) is 4.79 Å². The zero-order valence-electron chi connectivity index (χ0n) is 12.2. The first-order valence-corrected chi connectivity index (χ1v) is 6.76. The predicted molar refractivity (Wildman–Crippen MR) is 80.7 cm³/mol. The molecule has 1 aromatic carbocycles. The molecule has 1 atom stereocenters. The molecule has 0 saturated carbocycles. The van der Waals surface area contributed by atoms with Gasteiger partial charge in [0.1, 0.15) is 0 Å². The van der Waals surface area contributed by atoms with Crippen molar-refractivity contribution in [2.45, 2.75) is 33.4 Å². The lowest BCUT2D eigenvalue weighted by molar-refractivity contribution is -0.119. The van der Waals surface area contributed by atoms with E-state index in [1.807, 2.05) is 18.2 Å². The molecule has 0 fully saturated rings. The van der Waals surface area contributed by atoms with Gasteiger partial charge < -0.3 is 15.6 Å². The lowest BCUT2D eigenvalue weighted by Crippen LogP contribution is -2.38. The van der Waals surface area contributed by atoms with Crippen molar-refractivity contribution in [1.29, 1.82) is 0 Å². The minimum Gasteiger partial charge on any atom is -0.368 e. The van der Waals surface area contributed by atoms with Crippen molar-refractivity contribution in [1.82, 2.24) is 9.88 Å². The van der Waals surface area contributed by atoms with E-state index in [1.54, 1.807) is 6.92 Å². The minimum atomic E-state index is -0.332. The van der Waals surface area contributed by atoms with Crippen LogP contribution in [0.2, 0.25) is 0 Å². The second-order valence-corrected chi connectivity index (χ2v) is 5.07. The van der Waals surface area contributed by atoms with Crippen LogP contribution >= 0.6 is 0 Å². The van der Waals surface area contributed by atoms with E-state index in [0.717, 1.165) is 5.69 Å². The third kappa shape index (κ3) is 2.91. The van der Waals surface area contributed by atoms with Crippen molar-refractivity contribution >= 4 is 5.91 Å². The molecular formula is C16H21N3O. The Bertz CT molecular complexity index is 602. The number of hydrogen-bond acceptors (Lipinski definition) is 2. The third-order valence-electron chi connectivity index (χ3n) is 3.58. The third-order valence-corrected chi connectivity index (χ3v) is 3.58. The molecule has 0 radical (unpaired) electrons. The molecule has 1 heterocycles. The lowest BCUT2D eigenvalue weighted by Gasteiger charge is -2.11. The summed E-state index contributed by atoms with van der Waals surface area (Å²) < 4.78 is 2.21. The number of primary amides is 1. The molecule has 0 saturated heterocycles. The van der Waals surface area contributed by atoms with Crippen LogP contribution in [0.4, 0.5) is 0 Å². The van der Waals surface area contributed by atoms with E-state index < -0.39 is 0 Å². The zero-order valence-corrected chi connectivity index (χ0v) is 12.2. The number of nitrogens with zero attached hydrogens (tertiary/aromatic N) is 1. The van der Waals surface area contributed by atoms with Gasteiger partial charge in [0.05, 0.1) is 6.04 Å². The summed E-state index contributed by atoms with van der Waals surface area (Å²) in [4.78, 5) is 11.1. The zero-order chi connectivity index (χ0) is 14.7. The Morgan fingerprint density at radius 1 is 1.30 bits per heavy atom. The number of nitrogens with two attached hydrogens (primary N) is 1. The van der Waals surface area contributed by atoms with Crippen molar-refractivity contribution in [3.8, 4) is 5.69 Å². The number of rotatable bonds is 5. The van der Waals surface area contributed by atoms with Crippen LogP contribution in [0, 0.1) is 13.8 Å². The van der Waals surface area contributed by atoms with E-state index in [4.69, 9.17) is 5.73 Å². The van der Waals surface area contributed by atoms with Crippen LogP contribution < -0.4 is 11.1 Å². The van der Waals surface area contributed by atoms with Crippen LogP contribution in [-0.2, 0) is 11.3 Å². The van der Waals surface area contributed by atoms with Gasteiger partial charge in [-0.05, 0) is 44.5 Å². The van der Waals surface area contributed by atoms with Gasteiger partial charge >= 0.3 is 0 Å². The van der Waals surface area contributed by atoms with Crippen LogP contribution in [0.25, 0.3) is 5.69 Å². The molecule has 0 aliphatic rings. The number of amides is 1. The highest BCUT2D eigenvalue weighted by Gasteiger charge is 2.12. The van der Waals surface area contributed by atoms with Crippen LogP contribution in [0.1, 0.15) is 23.9 Å². The summed E-state index contributed by atoms with van der Waals surface area (Å²) in [6.07, 6.45) is 0. The lowest BCUT2D eigenvalue weighted by atomic mass is 10.2. The van der Waals surface area contributed by atoms with Crippen molar-refractivity contribution in [2.75, 3.05) is 0 Å². The summed E-state index contributed by atoms with van der Waals surface area (Å²) in [6, 6.07) is 12.1. The van der Waals surface area contributed by atoms with Crippen molar-refractivity contribution in [3.05, 3.63) is 53.3 Å². The Morgan fingerprint density at radius 2 is 1.95 bits per heavy atom. The first-order chi connectivity index (χ1) is 9.50. The summed E-state index contributed by atoms with van der Waals surface area (Å²) in [5, 5.41) is 3.14. The molecule has 0 aliphatic heterocycles. The SMILES string of the molecule is Cc1cc(CNC(C)C(N)=O)c(C)n1-c1ccccc1. The van der Waals surface area contributed by atoms with Gasteiger partial charge in [-0.25, -0.2) is 0 Å². The van der Waals surface area contributed by atoms with Gasteiger partial charge in [-0.15, -0.1) is 0 Å². The van der Waals surface area contributed by atoms with Gasteiger partial charge in [-0.2, -0.15) is 0 Å². The van der Waals surface area contributed by atoms with Crippen LogP contribution in [0.3, 0.4) is 0 Å². The molecule has 0 spiro atoms. The standard InChI is InChI=1S/C16H21N3O/c1-11-9-14(10-18-12(2)16(17)20)13(3)19(11)15-7-5-4-6-8-15/h4-9,12,18H,10H2,1-3H3,(H2,17,20). The second-order valence-electron chi connectivity index (χ2n) is 5.07. The summed E-state index contributed by atoms with van der Waals surface area (Å²) >= 11 is 0. The summed E-state index contributed by atoms with van der Waals surface area (Å²) in [7, 11) is 0. The molecule has 2 rings (SSSR count). The summed E-state index contributed by atoms with van der Waals surface area (Å²) in [5.41, 5.74) is 9.94. The normalized spacial score (nSPS) is 12.3. The number of para-hydroxylation sites is 1. The maximum absolute atomic E-state index is 11.1. The van der Waals surface area contributed by atoms with Gasteiger partial charge in [0.2, 0.25) is 5.91 Å². The Labute approximate surface area is 119 Å². The van der Waals surface area contributed by atoms with Crippen LogP contribution in [-0.4, -0.2) is 16.5 Å². The van der Waals surface area contributed by atoms with Crippen molar-refractivity contribution in [2.24, 2.45) is 5.73 Å². The van der Waals surface area contributed by atoms with E-state index in [9.17, 15) is 4.79 Å². The molecule has 2 aromatic rings. The molecule has 20 heavy (non-hydrogen) atoms. The fraction of sp³-hybridized carbons (Fsp3) is 0.312. The van der Waals surface area contributed by atoms with Gasteiger partial charge in [0, 0.05) is 23.6 Å².